The Labute approximate surface area is 110 Å². The Morgan fingerprint density at radius 2 is 1.82 bits per heavy atom. The van der Waals surface area contributed by atoms with Crippen LogP contribution in [-0.4, -0.2) is 38.1 Å². The molecule has 0 aliphatic heterocycles. The first kappa shape index (κ1) is 15.9. The van der Waals surface area contributed by atoms with E-state index in [0.717, 1.165) is 11.3 Å². The zero-order chi connectivity index (χ0) is 12.3. The van der Waals surface area contributed by atoms with E-state index in [9.17, 15) is 4.79 Å². The molecule has 4 heteroatoms. The van der Waals surface area contributed by atoms with Crippen LogP contribution in [0.25, 0.3) is 0 Å². The Bertz CT molecular complexity index is 397. The minimum absolute atomic E-state index is 0. The van der Waals surface area contributed by atoms with Gasteiger partial charge in [0.15, 0.2) is 6.54 Å². The van der Waals surface area contributed by atoms with Gasteiger partial charge in [0.2, 0.25) is 0 Å². The van der Waals surface area contributed by atoms with Crippen LogP contribution in [0.15, 0.2) is 18.2 Å². The summed E-state index contributed by atoms with van der Waals surface area (Å²) in [7, 11) is 6.01. The van der Waals surface area contributed by atoms with E-state index < -0.39 is 0 Å². The molecule has 0 radical (unpaired) electrons. The highest BCUT2D eigenvalue weighted by atomic mass is 35.5. The summed E-state index contributed by atoms with van der Waals surface area (Å²) in [5, 5.41) is 2.95. The Balaban J connectivity index is 0.00000256. The van der Waals surface area contributed by atoms with Crippen molar-refractivity contribution in [2.24, 2.45) is 0 Å². The van der Waals surface area contributed by atoms with Gasteiger partial charge in [-0.2, -0.15) is 0 Å². The normalized spacial score (nSPS) is 10.6. The number of halogens is 1. The number of nitrogens with zero attached hydrogens (tertiary/aromatic N) is 1. The molecule has 0 bridgehead atoms. The maximum absolute atomic E-state index is 11.8. The van der Waals surface area contributed by atoms with Crippen LogP contribution in [0, 0.1) is 13.8 Å². The van der Waals surface area contributed by atoms with E-state index in [0.29, 0.717) is 11.0 Å². The quantitative estimate of drug-likeness (QED) is 0.688. The summed E-state index contributed by atoms with van der Waals surface area (Å²) >= 11 is 0. The lowest BCUT2D eigenvalue weighted by atomic mass is 10.1. The van der Waals surface area contributed by atoms with E-state index in [-0.39, 0.29) is 18.3 Å². The molecule has 0 unspecified atom stereocenters. The van der Waals surface area contributed by atoms with E-state index in [1.807, 2.05) is 53.2 Å². The number of amides is 1. The van der Waals surface area contributed by atoms with Crippen LogP contribution >= 0.6 is 0 Å². The summed E-state index contributed by atoms with van der Waals surface area (Å²) in [4.78, 5) is 11.8. The summed E-state index contributed by atoms with van der Waals surface area (Å²) in [6.45, 7) is 4.55. The van der Waals surface area contributed by atoms with Gasteiger partial charge in [-0.3, -0.25) is 4.79 Å². The van der Waals surface area contributed by atoms with Gasteiger partial charge in [0, 0.05) is 5.69 Å². The average Bonchev–Trinajstić information content (AvgIpc) is 2.09. The molecule has 1 amide bonds. The van der Waals surface area contributed by atoms with Gasteiger partial charge in [-0.1, -0.05) is 12.1 Å². The molecule has 0 heterocycles. The highest BCUT2D eigenvalue weighted by Gasteiger charge is 2.14. The van der Waals surface area contributed by atoms with Crippen molar-refractivity contribution in [1.29, 1.82) is 0 Å². The number of carbonyl (C=O) groups excluding carboxylic acids is 1. The van der Waals surface area contributed by atoms with Crippen molar-refractivity contribution in [3.8, 4) is 0 Å². The molecule has 0 saturated heterocycles. The van der Waals surface area contributed by atoms with E-state index in [1.165, 1.54) is 5.56 Å². The number of hydrogen-bond donors (Lipinski definition) is 1. The minimum atomic E-state index is 0. The Morgan fingerprint density at radius 1 is 1.24 bits per heavy atom. The zero-order valence-corrected chi connectivity index (χ0v) is 11.9. The van der Waals surface area contributed by atoms with Gasteiger partial charge in [-0.25, -0.2) is 0 Å². The predicted octanol–water partition coefficient (Wildman–Crippen LogP) is -1.05. The van der Waals surface area contributed by atoms with Gasteiger partial charge in [0.25, 0.3) is 5.91 Å². The van der Waals surface area contributed by atoms with E-state index in [1.54, 1.807) is 0 Å². The molecule has 0 aromatic heterocycles. The largest absolute Gasteiger partial charge is 1.00 e. The molecule has 96 valence electrons. The summed E-state index contributed by atoms with van der Waals surface area (Å²) in [6.07, 6.45) is 0. The standard InChI is InChI=1S/C13H20N2O.ClH/c1-10-7-6-8-12(11(10)2)14-13(16)9-15(3,4)5;/h6-8H,9H2,1-5H3;1H. The zero-order valence-electron chi connectivity index (χ0n) is 11.2. The molecule has 0 fully saturated rings. The third kappa shape index (κ3) is 5.20. The fraction of sp³-hybridized carbons (Fsp3) is 0.462. The smallest absolute Gasteiger partial charge is 0.279 e. The number of nitrogens with one attached hydrogen (secondary N) is 1. The minimum Gasteiger partial charge on any atom is -1.00 e. The number of aryl methyl sites for hydroxylation is 1. The molecule has 1 aromatic carbocycles. The average molecular weight is 257 g/mol. The van der Waals surface area contributed by atoms with Crippen LogP contribution in [0.2, 0.25) is 0 Å². The SMILES string of the molecule is Cc1cccc(NC(=O)C[N+](C)(C)C)c1C.[Cl-]. The molecule has 17 heavy (non-hydrogen) atoms. The second-order valence-electron chi connectivity index (χ2n) is 5.24. The fourth-order valence-corrected chi connectivity index (χ4v) is 1.51. The van der Waals surface area contributed by atoms with Gasteiger partial charge >= 0.3 is 0 Å². The number of carbonyl (C=O) groups is 1. The molecule has 0 atom stereocenters. The van der Waals surface area contributed by atoms with Gasteiger partial charge in [0.1, 0.15) is 0 Å². The first-order valence-corrected chi connectivity index (χ1v) is 5.46. The highest BCUT2D eigenvalue weighted by Crippen LogP contribution is 2.17. The van der Waals surface area contributed by atoms with Crippen LogP contribution < -0.4 is 17.7 Å². The van der Waals surface area contributed by atoms with Gasteiger partial charge < -0.3 is 22.2 Å². The highest BCUT2D eigenvalue weighted by molar-refractivity contribution is 5.92. The topological polar surface area (TPSA) is 29.1 Å². The number of hydrogen-bond acceptors (Lipinski definition) is 1. The Morgan fingerprint density at radius 3 is 2.35 bits per heavy atom. The molecule has 1 rings (SSSR count). The number of likely N-dealkylation sites (N-methyl/N-ethyl adjacent to an activating group) is 1. The van der Waals surface area contributed by atoms with Gasteiger partial charge in [-0.15, -0.1) is 0 Å². The van der Waals surface area contributed by atoms with E-state index >= 15 is 0 Å². The molecule has 1 N–H and O–H groups in total. The lowest BCUT2D eigenvalue weighted by Crippen LogP contribution is -3.00. The van der Waals surface area contributed by atoms with Crippen LogP contribution in [0.5, 0.6) is 0 Å². The molecule has 3 nitrogen and oxygen atoms in total. The number of quaternary nitrogens is 1. The lowest BCUT2D eigenvalue weighted by Gasteiger charge is -2.23. The van der Waals surface area contributed by atoms with Crippen molar-refractivity contribution < 1.29 is 21.7 Å². The molecular formula is C13H21ClN2O. The molecule has 0 aliphatic rings. The van der Waals surface area contributed by atoms with Gasteiger partial charge in [-0.05, 0) is 31.0 Å². The van der Waals surface area contributed by atoms with Crippen molar-refractivity contribution in [3.05, 3.63) is 29.3 Å². The van der Waals surface area contributed by atoms with Crippen molar-refractivity contribution in [2.45, 2.75) is 13.8 Å². The molecule has 0 spiro atoms. The summed E-state index contributed by atoms with van der Waals surface area (Å²) in [6, 6.07) is 5.95. The van der Waals surface area contributed by atoms with Crippen molar-refractivity contribution >= 4 is 11.6 Å². The maximum Gasteiger partial charge on any atom is 0.279 e. The first-order chi connectivity index (χ1) is 7.29. The van der Waals surface area contributed by atoms with Crippen molar-refractivity contribution in [2.75, 3.05) is 33.0 Å². The number of anilines is 1. The molecule has 0 aliphatic carbocycles. The van der Waals surface area contributed by atoms with Crippen molar-refractivity contribution in [3.63, 3.8) is 0 Å². The van der Waals surface area contributed by atoms with E-state index in [4.69, 9.17) is 0 Å². The Kier molecular flexibility index (Phi) is 5.66. The Hall–Kier alpha value is -1.06. The summed E-state index contributed by atoms with van der Waals surface area (Å²) in [5.74, 6) is 0.0567. The molecule has 0 saturated carbocycles. The monoisotopic (exact) mass is 256 g/mol. The van der Waals surface area contributed by atoms with Crippen LogP contribution in [-0.2, 0) is 4.79 Å². The summed E-state index contributed by atoms with van der Waals surface area (Å²) < 4.78 is 0.636. The van der Waals surface area contributed by atoms with Crippen LogP contribution in [0.1, 0.15) is 11.1 Å². The third-order valence-electron chi connectivity index (χ3n) is 2.50. The second-order valence-corrected chi connectivity index (χ2v) is 5.24. The van der Waals surface area contributed by atoms with Crippen molar-refractivity contribution in [1.82, 2.24) is 0 Å². The third-order valence-corrected chi connectivity index (χ3v) is 2.50. The first-order valence-electron chi connectivity index (χ1n) is 5.46. The van der Waals surface area contributed by atoms with Gasteiger partial charge in [0.05, 0.1) is 21.1 Å². The van der Waals surface area contributed by atoms with E-state index in [2.05, 4.69) is 5.32 Å². The molecular weight excluding hydrogens is 236 g/mol. The van der Waals surface area contributed by atoms with Crippen LogP contribution in [0.3, 0.4) is 0 Å². The number of benzene rings is 1. The predicted molar refractivity (Wildman–Crippen MR) is 67.4 cm³/mol. The van der Waals surface area contributed by atoms with Crippen LogP contribution in [0.4, 0.5) is 5.69 Å². The number of rotatable bonds is 3. The lowest BCUT2D eigenvalue weighted by molar-refractivity contribution is -0.861. The fourth-order valence-electron chi connectivity index (χ4n) is 1.51. The second kappa shape index (κ2) is 6.03. The summed E-state index contributed by atoms with van der Waals surface area (Å²) in [5.41, 5.74) is 3.25. The molecule has 1 aromatic rings. The maximum atomic E-state index is 11.8.